The van der Waals surface area contributed by atoms with E-state index >= 15 is 0 Å². The Morgan fingerprint density at radius 3 is 2.60 bits per heavy atom. The van der Waals surface area contributed by atoms with Gasteiger partial charge in [-0.15, -0.1) is 0 Å². The zero-order valence-electron chi connectivity index (χ0n) is 8.68. The first kappa shape index (κ1) is 11.5. The van der Waals surface area contributed by atoms with E-state index in [1.807, 2.05) is 31.2 Å². The largest absolute Gasteiger partial charge is 0.494 e. The van der Waals surface area contributed by atoms with Gasteiger partial charge in [-0.1, -0.05) is 0 Å². The van der Waals surface area contributed by atoms with Crippen LogP contribution in [0.4, 0.5) is 0 Å². The van der Waals surface area contributed by atoms with Gasteiger partial charge in [0.1, 0.15) is 12.0 Å². The molecule has 0 amide bonds. The highest BCUT2D eigenvalue weighted by Crippen LogP contribution is 2.10. The van der Waals surface area contributed by atoms with Gasteiger partial charge in [-0.25, -0.2) is 0 Å². The maximum absolute atomic E-state index is 5.30. The predicted octanol–water partition coefficient (Wildman–Crippen LogP) is 0.210. The number of benzene rings is 1. The Morgan fingerprint density at radius 1 is 1.40 bits per heavy atom. The standard InChI is InChI=1S/C10H16N4O/c1-2-15-9-5-3-8(4-6-9)7-13-14-10(11)12/h3-7,10,14H,2,11-12H2,1H3/b13-7+. The highest BCUT2D eigenvalue weighted by Gasteiger charge is 1.92. The molecule has 1 aromatic carbocycles. The molecule has 0 aromatic heterocycles. The lowest BCUT2D eigenvalue weighted by atomic mass is 10.2. The summed E-state index contributed by atoms with van der Waals surface area (Å²) in [6, 6.07) is 7.57. The molecular formula is C10H16N4O. The molecule has 0 saturated heterocycles. The second-order valence-corrected chi connectivity index (χ2v) is 2.92. The molecule has 0 fully saturated rings. The number of nitrogens with one attached hydrogen (secondary N) is 1. The van der Waals surface area contributed by atoms with Crippen molar-refractivity contribution in [2.45, 2.75) is 13.2 Å². The Morgan fingerprint density at radius 2 is 2.07 bits per heavy atom. The quantitative estimate of drug-likeness (QED) is 0.367. The summed E-state index contributed by atoms with van der Waals surface area (Å²) in [6.07, 6.45) is 1.01. The normalized spacial score (nSPS) is 10.9. The summed E-state index contributed by atoms with van der Waals surface area (Å²) in [5.41, 5.74) is 14.0. The lowest BCUT2D eigenvalue weighted by molar-refractivity contribution is 0.340. The fourth-order valence-electron chi connectivity index (χ4n) is 1.01. The maximum Gasteiger partial charge on any atom is 0.142 e. The Labute approximate surface area is 89.1 Å². The van der Waals surface area contributed by atoms with Crippen molar-refractivity contribution in [3.8, 4) is 5.75 Å². The first-order valence-electron chi connectivity index (χ1n) is 4.75. The Kier molecular flexibility index (Phi) is 4.59. The van der Waals surface area contributed by atoms with E-state index in [0.29, 0.717) is 6.61 Å². The van der Waals surface area contributed by atoms with Crippen LogP contribution in [0.2, 0.25) is 0 Å². The van der Waals surface area contributed by atoms with E-state index in [-0.39, 0.29) is 0 Å². The van der Waals surface area contributed by atoms with E-state index in [1.165, 1.54) is 0 Å². The van der Waals surface area contributed by atoms with Crippen molar-refractivity contribution in [2.24, 2.45) is 16.6 Å². The van der Waals surface area contributed by atoms with Crippen molar-refractivity contribution in [1.82, 2.24) is 5.43 Å². The minimum Gasteiger partial charge on any atom is -0.494 e. The lowest BCUT2D eigenvalue weighted by Crippen LogP contribution is -2.42. The van der Waals surface area contributed by atoms with Crippen LogP contribution in [0.5, 0.6) is 5.75 Å². The van der Waals surface area contributed by atoms with Crippen LogP contribution < -0.4 is 21.6 Å². The highest BCUT2D eigenvalue weighted by molar-refractivity contribution is 5.79. The number of hydrogen-bond acceptors (Lipinski definition) is 5. The first-order chi connectivity index (χ1) is 7.22. The van der Waals surface area contributed by atoms with Crippen LogP contribution >= 0.6 is 0 Å². The van der Waals surface area contributed by atoms with Gasteiger partial charge in [0.15, 0.2) is 0 Å². The molecule has 0 aliphatic rings. The molecule has 82 valence electrons. The van der Waals surface area contributed by atoms with E-state index in [1.54, 1.807) is 6.21 Å². The first-order valence-corrected chi connectivity index (χ1v) is 4.75. The smallest absolute Gasteiger partial charge is 0.142 e. The predicted molar refractivity (Wildman–Crippen MR) is 60.5 cm³/mol. The zero-order chi connectivity index (χ0) is 11.1. The zero-order valence-corrected chi connectivity index (χ0v) is 8.68. The van der Waals surface area contributed by atoms with Crippen LogP contribution in [0, 0.1) is 0 Å². The average molecular weight is 208 g/mol. The van der Waals surface area contributed by atoms with Gasteiger partial charge in [-0.2, -0.15) is 5.10 Å². The van der Waals surface area contributed by atoms with Crippen molar-refractivity contribution >= 4 is 6.21 Å². The van der Waals surface area contributed by atoms with Crippen LogP contribution in [0.1, 0.15) is 12.5 Å². The number of rotatable bonds is 5. The maximum atomic E-state index is 5.30. The summed E-state index contributed by atoms with van der Waals surface area (Å²) in [7, 11) is 0. The van der Waals surface area contributed by atoms with E-state index in [9.17, 15) is 0 Å². The molecule has 0 spiro atoms. The number of ether oxygens (including phenoxy) is 1. The molecule has 0 radical (unpaired) electrons. The van der Waals surface area contributed by atoms with Crippen molar-refractivity contribution in [3.63, 3.8) is 0 Å². The molecule has 5 N–H and O–H groups in total. The monoisotopic (exact) mass is 208 g/mol. The van der Waals surface area contributed by atoms with E-state index in [4.69, 9.17) is 16.2 Å². The van der Waals surface area contributed by atoms with E-state index in [0.717, 1.165) is 11.3 Å². The molecule has 0 aliphatic carbocycles. The molecule has 0 atom stereocenters. The Balaban J connectivity index is 2.52. The van der Waals surface area contributed by atoms with Gasteiger partial charge in [-0.3, -0.25) is 16.9 Å². The summed E-state index contributed by atoms with van der Waals surface area (Å²) in [6.45, 7) is 2.61. The fourth-order valence-corrected chi connectivity index (χ4v) is 1.01. The molecule has 0 aliphatic heterocycles. The molecule has 0 saturated carbocycles. The summed E-state index contributed by atoms with van der Waals surface area (Å²) in [5, 5.41) is 3.85. The second-order valence-electron chi connectivity index (χ2n) is 2.92. The van der Waals surface area contributed by atoms with Crippen molar-refractivity contribution in [1.29, 1.82) is 0 Å². The molecular weight excluding hydrogens is 192 g/mol. The van der Waals surface area contributed by atoms with E-state index < -0.39 is 6.29 Å². The van der Waals surface area contributed by atoms with Crippen molar-refractivity contribution in [2.75, 3.05) is 6.61 Å². The number of hydrogen-bond donors (Lipinski definition) is 3. The van der Waals surface area contributed by atoms with Gasteiger partial charge in [0.25, 0.3) is 0 Å². The SMILES string of the molecule is CCOc1ccc(/C=N/NC(N)N)cc1. The van der Waals surface area contributed by atoms with Crippen LogP contribution in [-0.4, -0.2) is 19.1 Å². The summed E-state index contributed by atoms with van der Waals surface area (Å²) >= 11 is 0. The number of hydrazone groups is 1. The number of nitrogens with two attached hydrogens (primary N) is 2. The molecule has 5 heteroatoms. The molecule has 15 heavy (non-hydrogen) atoms. The van der Waals surface area contributed by atoms with Gasteiger partial charge in [0, 0.05) is 0 Å². The van der Waals surface area contributed by atoms with E-state index in [2.05, 4.69) is 10.5 Å². The average Bonchev–Trinajstić information content (AvgIpc) is 2.20. The molecule has 0 unspecified atom stereocenters. The van der Waals surface area contributed by atoms with Crippen LogP contribution in [-0.2, 0) is 0 Å². The third-order valence-corrected chi connectivity index (χ3v) is 1.63. The molecule has 0 heterocycles. The Hall–Kier alpha value is -1.59. The van der Waals surface area contributed by atoms with Gasteiger partial charge >= 0.3 is 0 Å². The van der Waals surface area contributed by atoms with Crippen molar-refractivity contribution in [3.05, 3.63) is 29.8 Å². The minimum absolute atomic E-state index is 0.635. The number of nitrogens with zero attached hydrogens (tertiary/aromatic N) is 1. The van der Waals surface area contributed by atoms with Crippen LogP contribution in [0.25, 0.3) is 0 Å². The highest BCUT2D eigenvalue weighted by atomic mass is 16.5. The molecule has 1 aromatic rings. The van der Waals surface area contributed by atoms with Crippen LogP contribution in [0.15, 0.2) is 29.4 Å². The third-order valence-electron chi connectivity index (χ3n) is 1.63. The van der Waals surface area contributed by atoms with Gasteiger partial charge in [0.05, 0.1) is 12.8 Å². The van der Waals surface area contributed by atoms with Crippen molar-refractivity contribution < 1.29 is 4.74 Å². The van der Waals surface area contributed by atoms with Gasteiger partial charge in [0.2, 0.25) is 0 Å². The topological polar surface area (TPSA) is 85.7 Å². The molecule has 0 bridgehead atoms. The minimum atomic E-state index is -0.635. The van der Waals surface area contributed by atoms with Gasteiger partial charge in [-0.05, 0) is 36.8 Å². The Bertz CT molecular complexity index is 308. The fraction of sp³-hybridized carbons (Fsp3) is 0.300. The summed E-state index contributed by atoms with van der Waals surface area (Å²) in [4.78, 5) is 0. The van der Waals surface area contributed by atoms with Crippen LogP contribution in [0.3, 0.4) is 0 Å². The second kappa shape index (κ2) is 6.00. The lowest BCUT2D eigenvalue weighted by Gasteiger charge is -2.03. The van der Waals surface area contributed by atoms with Gasteiger partial charge < -0.3 is 4.74 Å². The third kappa shape index (κ3) is 4.44. The molecule has 1 rings (SSSR count). The summed E-state index contributed by atoms with van der Waals surface area (Å²) < 4.78 is 5.30. The summed E-state index contributed by atoms with van der Waals surface area (Å²) in [5.74, 6) is 0.845. The molecule has 5 nitrogen and oxygen atoms in total.